The molecular formula is C11H8ClNO3. The summed E-state index contributed by atoms with van der Waals surface area (Å²) in [5.41, 5.74) is -0.126. The van der Waals surface area contributed by atoms with Gasteiger partial charge in [-0.3, -0.25) is 4.79 Å². The minimum atomic E-state index is -1.23. The van der Waals surface area contributed by atoms with E-state index in [9.17, 15) is 9.59 Å². The Morgan fingerprint density at radius 1 is 1.38 bits per heavy atom. The first-order valence-corrected chi connectivity index (χ1v) is 4.91. The molecule has 16 heavy (non-hydrogen) atoms. The van der Waals surface area contributed by atoms with Crippen LogP contribution >= 0.6 is 11.6 Å². The topological polar surface area (TPSA) is 59.3 Å². The Bertz CT molecular complexity index is 645. The number of rotatable bonds is 1. The van der Waals surface area contributed by atoms with E-state index >= 15 is 0 Å². The highest BCUT2D eigenvalue weighted by atomic mass is 35.5. The average molecular weight is 238 g/mol. The van der Waals surface area contributed by atoms with Gasteiger partial charge in [-0.25, -0.2) is 4.79 Å². The first-order valence-electron chi connectivity index (χ1n) is 4.53. The molecule has 0 fully saturated rings. The third-order valence-electron chi connectivity index (χ3n) is 2.42. The van der Waals surface area contributed by atoms with Crippen molar-refractivity contribution in [1.29, 1.82) is 0 Å². The van der Waals surface area contributed by atoms with Gasteiger partial charge in [-0.15, -0.1) is 0 Å². The summed E-state index contributed by atoms with van der Waals surface area (Å²) >= 11 is 5.81. The number of nitrogens with zero attached hydrogens (tertiary/aromatic N) is 1. The second kappa shape index (κ2) is 3.64. The van der Waals surface area contributed by atoms with Crippen molar-refractivity contribution < 1.29 is 9.90 Å². The Kier molecular flexibility index (Phi) is 2.44. The van der Waals surface area contributed by atoms with Crippen molar-refractivity contribution >= 4 is 28.5 Å². The first-order chi connectivity index (χ1) is 7.50. The van der Waals surface area contributed by atoms with Gasteiger partial charge in [0.1, 0.15) is 5.56 Å². The number of hydrogen-bond acceptors (Lipinski definition) is 2. The van der Waals surface area contributed by atoms with Crippen molar-refractivity contribution in [1.82, 2.24) is 4.57 Å². The van der Waals surface area contributed by atoms with E-state index in [1.807, 2.05) is 0 Å². The number of aromatic nitrogens is 1. The predicted molar refractivity (Wildman–Crippen MR) is 61.2 cm³/mol. The van der Waals surface area contributed by atoms with E-state index in [1.165, 1.54) is 17.7 Å². The highest BCUT2D eigenvalue weighted by Crippen LogP contribution is 2.18. The minimum Gasteiger partial charge on any atom is -0.477 e. The number of fused-ring (bicyclic) bond motifs is 1. The van der Waals surface area contributed by atoms with Crippen LogP contribution in [0.2, 0.25) is 5.02 Å². The molecule has 0 radical (unpaired) electrons. The molecule has 0 aliphatic carbocycles. The number of carboxylic acids is 1. The van der Waals surface area contributed by atoms with Crippen LogP contribution < -0.4 is 5.56 Å². The van der Waals surface area contributed by atoms with Crippen LogP contribution in [0.3, 0.4) is 0 Å². The van der Waals surface area contributed by atoms with Crippen LogP contribution in [0.4, 0.5) is 0 Å². The lowest BCUT2D eigenvalue weighted by Crippen LogP contribution is -2.24. The lowest BCUT2D eigenvalue weighted by atomic mass is 10.1. The Morgan fingerprint density at radius 3 is 2.69 bits per heavy atom. The number of benzene rings is 1. The minimum absolute atomic E-state index is 0.253. The zero-order valence-corrected chi connectivity index (χ0v) is 9.15. The van der Waals surface area contributed by atoms with E-state index in [4.69, 9.17) is 16.7 Å². The van der Waals surface area contributed by atoms with Crippen LogP contribution in [0.15, 0.2) is 29.1 Å². The molecule has 1 aromatic heterocycles. The van der Waals surface area contributed by atoms with Crippen molar-refractivity contribution in [3.05, 3.63) is 45.2 Å². The molecule has 82 valence electrons. The van der Waals surface area contributed by atoms with Gasteiger partial charge in [-0.1, -0.05) is 11.6 Å². The van der Waals surface area contributed by atoms with Crippen molar-refractivity contribution in [2.75, 3.05) is 0 Å². The lowest BCUT2D eigenvalue weighted by Gasteiger charge is -2.06. The van der Waals surface area contributed by atoms with Gasteiger partial charge >= 0.3 is 5.97 Å². The average Bonchev–Trinajstić information content (AvgIpc) is 2.22. The van der Waals surface area contributed by atoms with E-state index in [0.29, 0.717) is 15.9 Å². The number of aromatic carboxylic acids is 1. The molecule has 0 saturated heterocycles. The molecule has 0 aliphatic heterocycles. The van der Waals surface area contributed by atoms with Gasteiger partial charge in [0, 0.05) is 17.5 Å². The standard InChI is InChI=1S/C11H8ClNO3/c1-13-9-3-2-7(12)4-6(9)5-8(10(13)14)11(15)16/h2-5H,1H3,(H,15,16). The number of pyridine rings is 1. The molecule has 0 saturated carbocycles. The van der Waals surface area contributed by atoms with Crippen LogP contribution in [-0.2, 0) is 7.05 Å². The predicted octanol–water partition coefficient (Wildman–Crippen LogP) is 1.89. The Morgan fingerprint density at radius 2 is 2.06 bits per heavy atom. The van der Waals surface area contributed by atoms with Crippen LogP contribution in [-0.4, -0.2) is 15.6 Å². The molecule has 0 bridgehead atoms. The zero-order chi connectivity index (χ0) is 11.9. The summed E-state index contributed by atoms with van der Waals surface area (Å²) in [6.07, 6.45) is 0. The second-order valence-electron chi connectivity index (χ2n) is 3.43. The van der Waals surface area contributed by atoms with Crippen LogP contribution in [0, 0.1) is 0 Å². The fourth-order valence-corrected chi connectivity index (χ4v) is 1.79. The van der Waals surface area contributed by atoms with Gasteiger partial charge in [0.25, 0.3) is 5.56 Å². The maximum absolute atomic E-state index is 11.7. The van der Waals surface area contributed by atoms with Gasteiger partial charge in [0.15, 0.2) is 0 Å². The quantitative estimate of drug-likeness (QED) is 0.824. The molecule has 4 nitrogen and oxygen atoms in total. The van der Waals surface area contributed by atoms with Crippen LogP contribution in [0.5, 0.6) is 0 Å². The molecular weight excluding hydrogens is 230 g/mol. The molecule has 0 amide bonds. The Balaban J connectivity index is 2.94. The van der Waals surface area contributed by atoms with Gasteiger partial charge in [-0.05, 0) is 24.3 Å². The van der Waals surface area contributed by atoms with E-state index in [1.54, 1.807) is 18.2 Å². The summed E-state index contributed by atoms with van der Waals surface area (Å²) in [6, 6.07) is 6.31. The number of aryl methyl sites for hydroxylation is 1. The summed E-state index contributed by atoms with van der Waals surface area (Å²) in [4.78, 5) is 22.5. The van der Waals surface area contributed by atoms with Crippen molar-refractivity contribution in [3.63, 3.8) is 0 Å². The smallest absolute Gasteiger partial charge is 0.341 e. The zero-order valence-electron chi connectivity index (χ0n) is 8.40. The van der Waals surface area contributed by atoms with Gasteiger partial charge in [0.2, 0.25) is 0 Å². The number of carboxylic acid groups (broad SMARTS) is 1. The highest BCUT2D eigenvalue weighted by molar-refractivity contribution is 6.31. The SMILES string of the molecule is Cn1c(=O)c(C(=O)O)cc2cc(Cl)ccc21. The van der Waals surface area contributed by atoms with E-state index < -0.39 is 11.5 Å². The van der Waals surface area contributed by atoms with E-state index in [-0.39, 0.29) is 5.56 Å². The van der Waals surface area contributed by atoms with Crippen molar-refractivity contribution in [2.24, 2.45) is 7.05 Å². The summed E-state index contributed by atoms with van der Waals surface area (Å²) in [5, 5.41) is 10.0. The lowest BCUT2D eigenvalue weighted by molar-refractivity contribution is 0.0694. The molecule has 1 N–H and O–H groups in total. The summed E-state index contributed by atoms with van der Waals surface area (Å²) in [5.74, 6) is -1.23. The van der Waals surface area contributed by atoms with E-state index in [0.717, 1.165) is 0 Å². The van der Waals surface area contributed by atoms with Gasteiger partial charge < -0.3 is 9.67 Å². The fraction of sp³-hybridized carbons (Fsp3) is 0.0909. The van der Waals surface area contributed by atoms with E-state index in [2.05, 4.69) is 0 Å². The summed E-state index contributed by atoms with van der Waals surface area (Å²) < 4.78 is 1.30. The Labute approximate surface area is 95.7 Å². The summed E-state index contributed by atoms with van der Waals surface area (Å²) in [7, 11) is 1.53. The largest absolute Gasteiger partial charge is 0.477 e. The molecule has 1 heterocycles. The monoisotopic (exact) mass is 237 g/mol. The molecule has 5 heteroatoms. The molecule has 1 aromatic carbocycles. The Hall–Kier alpha value is -1.81. The highest BCUT2D eigenvalue weighted by Gasteiger charge is 2.12. The molecule has 2 aromatic rings. The van der Waals surface area contributed by atoms with Gasteiger partial charge in [-0.2, -0.15) is 0 Å². The number of carbonyl (C=O) groups is 1. The third-order valence-corrected chi connectivity index (χ3v) is 2.65. The molecule has 2 rings (SSSR count). The summed E-state index contributed by atoms with van der Waals surface area (Å²) in [6.45, 7) is 0. The van der Waals surface area contributed by atoms with Gasteiger partial charge in [0.05, 0.1) is 5.52 Å². The number of hydrogen-bond donors (Lipinski definition) is 1. The van der Waals surface area contributed by atoms with Crippen molar-refractivity contribution in [3.8, 4) is 0 Å². The number of halogens is 1. The molecule has 0 spiro atoms. The maximum atomic E-state index is 11.7. The second-order valence-corrected chi connectivity index (χ2v) is 3.87. The third kappa shape index (κ3) is 1.57. The first kappa shape index (κ1) is 10.7. The molecule has 0 unspecified atom stereocenters. The normalized spacial score (nSPS) is 10.6. The fourth-order valence-electron chi connectivity index (χ4n) is 1.61. The molecule has 0 atom stereocenters. The van der Waals surface area contributed by atoms with Crippen LogP contribution in [0.25, 0.3) is 10.9 Å². The molecule has 0 aliphatic rings. The maximum Gasteiger partial charge on any atom is 0.341 e. The van der Waals surface area contributed by atoms with Crippen LogP contribution in [0.1, 0.15) is 10.4 Å². The van der Waals surface area contributed by atoms with Crippen molar-refractivity contribution in [2.45, 2.75) is 0 Å².